The third-order valence-corrected chi connectivity index (χ3v) is 4.08. The molecule has 1 aromatic carbocycles. The average Bonchev–Trinajstić information content (AvgIpc) is 3.04. The summed E-state index contributed by atoms with van der Waals surface area (Å²) < 4.78 is 8.01. The Morgan fingerprint density at radius 3 is 3.19 bits per heavy atom. The second-order valence-electron chi connectivity index (χ2n) is 5.49. The van der Waals surface area contributed by atoms with Crippen LogP contribution in [0.4, 0.5) is 0 Å². The first-order valence-electron chi connectivity index (χ1n) is 7.82. The van der Waals surface area contributed by atoms with Crippen LogP contribution in [0.15, 0.2) is 36.9 Å². The number of imidazole rings is 1. The van der Waals surface area contributed by atoms with Crippen LogP contribution in [0.3, 0.4) is 0 Å². The molecule has 4 nitrogen and oxygen atoms in total. The minimum Gasteiger partial charge on any atom is -0.493 e. The van der Waals surface area contributed by atoms with Crippen molar-refractivity contribution in [1.29, 1.82) is 0 Å². The molecule has 3 rings (SSSR count). The van der Waals surface area contributed by atoms with Crippen LogP contribution < -0.4 is 10.1 Å². The molecule has 1 unspecified atom stereocenters. The number of aromatic nitrogens is 2. The molecule has 1 aliphatic heterocycles. The maximum Gasteiger partial charge on any atom is 0.127 e. The number of hydrogen-bond donors (Lipinski definition) is 1. The summed E-state index contributed by atoms with van der Waals surface area (Å²) in [7, 11) is 0. The number of nitrogens with zero attached hydrogens (tertiary/aromatic N) is 2. The fourth-order valence-corrected chi connectivity index (χ4v) is 2.94. The first kappa shape index (κ1) is 14.1. The zero-order chi connectivity index (χ0) is 14.5. The fraction of sp³-hybridized carbons (Fsp3) is 0.471. The molecule has 0 aliphatic carbocycles. The zero-order valence-electron chi connectivity index (χ0n) is 12.6. The van der Waals surface area contributed by atoms with Crippen molar-refractivity contribution in [2.75, 3.05) is 13.2 Å². The van der Waals surface area contributed by atoms with Crippen LogP contribution >= 0.6 is 0 Å². The molecule has 0 radical (unpaired) electrons. The van der Waals surface area contributed by atoms with Crippen molar-refractivity contribution in [2.45, 2.75) is 38.8 Å². The minimum atomic E-state index is 0.419. The van der Waals surface area contributed by atoms with E-state index in [-0.39, 0.29) is 0 Å². The number of nitrogens with one attached hydrogen (secondary N) is 1. The monoisotopic (exact) mass is 285 g/mol. The van der Waals surface area contributed by atoms with Crippen LogP contribution in [0.1, 0.15) is 36.9 Å². The maximum absolute atomic E-state index is 5.89. The molecule has 112 valence electrons. The van der Waals surface area contributed by atoms with Crippen LogP contribution in [-0.2, 0) is 13.0 Å². The molecule has 2 aromatic rings. The van der Waals surface area contributed by atoms with Gasteiger partial charge in [0.2, 0.25) is 0 Å². The Bertz CT molecular complexity index is 565. The van der Waals surface area contributed by atoms with Crippen molar-refractivity contribution in [3.8, 4) is 5.75 Å². The molecule has 0 saturated heterocycles. The standard InChI is InChI=1S/C17H23N3O/c1-2-14-5-3-6-15-16(7-12-21-17(14)15)19-8-4-10-20-11-9-18-13-20/h3,5-6,9,11,13,16,19H,2,4,7-8,10,12H2,1H3. The first-order chi connectivity index (χ1) is 10.4. The fourth-order valence-electron chi connectivity index (χ4n) is 2.94. The number of para-hydroxylation sites is 1. The summed E-state index contributed by atoms with van der Waals surface area (Å²) in [5.74, 6) is 1.11. The Balaban J connectivity index is 1.58. The van der Waals surface area contributed by atoms with Gasteiger partial charge in [0.15, 0.2) is 0 Å². The van der Waals surface area contributed by atoms with Gasteiger partial charge in [-0.1, -0.05) is 25.1 Å². The SMILES string of the molecule is CCc1cccc2c1OCCC2NCCCn1ccnc1. The number of hydrogen-bond acceptors (Lipinski definition) is 3. The van der Waals surface area contributed by atoms with E-state index in [2.05, 4.69) is 40.0 Å². The lowest BCUT2D eigenvalue weighted by Gasteiger charge is -2.28. The van der Waals surface area contributed by atoms with Crippen LogP contribution in [-0.4, -0.2) is 22.7 Å². The lowest BCUT2D eigenvalue weighted by Crippen LogP contribution is -2.28. The van der Waals surface area contributed by atoms with Crippen molar-refractivity contribution in [1.82, 2.24) is 14.9 Å². The lowest BCUT2D eigenvalue weighted by molar-refractivity contribution is 0.250. The molecule has 1 aromatic heterocycles. The molecule has 21 heavy (non-hydrogen) atoms. The van der Waals surface area contributed by atoms with E-state index in [1.165, 1.54) is 11.1 Å². The predicted molar refractivity (Wildman–Crippen MR) is 83.5 cm³/mol. The van der Waals surface area contributed by atoms with E-state index < -0.39 is 0 Å². The van der Waals surface area contributed by atoms with E-state index in [0.29, 0.717) is 6.04 Å². The Hall–Kier alpha value is -1.81. The van der Waals surface area contributed by atoms with Crippen LogP contribution in [0.25, 0.3) is 0 Å². The summed E-state index contributed by atoms with van der Waals surface area (Å²) in [6.45, 7) is 5.01. The smallest absolute Gasteiger partial charge is 0.127 e. The number of benzene rings is 1. The van der Waals surface area contributed by atoms with E-state index >= 15 is 0 Å². The lowest BCUT2D eigenvalue weighted by atomic mass is 9.96. The number of ether oxygens (including phenoxy) is 1. The van der Waals surface area contributed by atoms with Crippen molar-refractivity contribution in [3.05, 3.63) is 48.0 Å². The Labute approximate surface area is 126 Å². The van der Waals surface area contributed by atoms with Crippen molar-refractivity contribution < 1.29 is 4.74 Å². The topological polar surface area (TPSA) is 39.1 Å². The highest BCUT2D eigenvalue weighted by Gasteiger charge is 2.22. The molecule has 0 spiro atoms. The van der Waals surface area contributed by atoms with Gasteiger partial charge in [0.05, 0.1) is 12.9 Å². The highest BCUT2D eigenvalue weighted by molar-refractivity contribution is 5.44. The number of rotatable bonds is 6. The summed E-state index contributed by atoms with van der Waals surface area (Å²) in [6.07, 6.45) is 8.89. The zero-order valence-corrected chi connectivity index (χ0v) is 12.6. The van der Waals surface area contributed by atoms with E-state index in [1.807, 2.05) is 18.7 Å². The van der Waals surface area contributed by atoms with E-state index in [1.54, 1.807) is 0 Å². The number of aryl methyl sites for hydroxylation is 2. The molecule has 0 fully saturated rings. The van der Waals surface area contributed by atoms with Gasteiger partial charge in [-0.15, -0.1) is 0 Å². The van der Waals surface area contributed by atoms with Gasteiger partial charge in [0.25, 0.3) is 0 Å². The average molecular weight is 285 g/mol. The summed E-state index contributed by atoms with van der Waals surface area (Å²) in [4.78, 5) is 4.07. The van der Waals surface area contributed by atoms with Gasteiger partial charge >= 0.3 is 0 Å². The van der Waals surface area contributed by atoms with Crippen LogP contribution in [0.5, 0.6) is 5.75 Å². The van der Waals surface area contributed by atoms with E-state index in [9.17, 15) is 0 Å². The molecule has 1 atom stereocenters. The molecular formula is C17H23N3O. The molecule has 0 saturated carbocycles. The summed E-state index contributed by atoms with van der Waals surface area (Å²) in [6, 6.07) is 6.93. The van der Waals surface area contributed by atoms with Gasteiger partial charge in [-0.05, 0) is 24.9 Å². The van der Waals surface area contributed by atoms with Gasteiger partial charge in [-0.3, -0.25) is 0 Å². The molecule has 0 amide bonds. The largest absolute Gasteiger partial charge is 0.493 e. The highest BCUT2D eigenvalue weighted by atomic mass is 16.5. The third-order valence-electron chi connectivity index (χ3n) is 4.08. The normalized spacial score (nSPS) is 17.3. The van der Waals surface area contributed by atoms with Gasteiger partial charge < -0.3 is 14.6 Å². The third kappa shape index (κ3) is 3.27. The molecule has 1 aliphatic rings. The molecule has 2 heterocycles. The minimum absolute atomic E-state index is 0.419. The second kappa shape index (κ2) is 6.76. The molecule has 4 heteroatoms. The summed E-state index contributed by atoms with van der Waals surface area (Å²) >= 11 is 0. The van der Waals surface area contributed by atoms with Crippen LogP contribution in [0.2, 0.25) is 0 Å². The molecule has 0 bridgehead atoms. The Morgan fingerprint density at radius 2 is 2.38 bits per heavy atom. The van der Waals surface area contributed by atoms with Crippen molar-refractivity contribution in [3.63, 3.8) is 0 Å². The predicted octanol–water partition coefficient (Wildman–Crippen LogP) is 2.95. The van der Waals surface area contributed by atoms with Gasteiger partial charge in [0.1, 0.15) is 5.75 Å². The van der Waals surface area contributed by atoms with Gasteiger partial charge in [-0.2, -0.15) is 0 Å². The quantitative estimate of drug-likeness (QED) is 0.829. The maximum atomic E-state index is 5.89. The summed E-state index contributed by atoms with van der Waals surface area (Å²) in [5.41, 5.74) is 2.64. The Kier molecular flexibility index (Phi) is 4.55. The van der Waals surface area contributed by atoms with E-state index in [4.69, 9.17) is 4.74 Å². The molecule has 1 N–H and O–H groups in total. The summed E-state index contributed by atoms with van der Waals surface area (Å²) in [5, 5.41) is 3.68. The van der Waals surface area contributed by atoms with Gasteiger partial charge in [0, 0.05) is 37.0 Å². The van der Waals surface area contributed by atoms with Crippen molar-refractivity contribution in [2.24, 2.45) is 0 Å². The first-order valence-corrected chi connectivity index (χ1v) is 7.82. The number of fused-ring (bicyclic) bond motifs is 1. The van der Waals surface area contributed by atoms with Crippen LogP contribution in [0, 0.1) is 0 Å². The Morgan fingerprint density at radius 1 is 1.43 bits per heavy atom. The van der Waals surface area contributed by atoms with Gasteiger partial charge in [-0.25, -0.2) is 4.98 Å². The highest BCUT2D eigenvalue weighted by Crippen LogP contribution is 2.35. The van der Waals surface area contributed by atoms with Crippen molar-refractivity contribution >= 4 is 0 Å². The second-order valence-corrected chi connectivity index (χ2v) is 5.49. The molecular weight excluding hydrogens is 262 g/mol. The van der Waals surface area contributed by atoms with E-state index in [0.717, 1.165) is 44.7 Å².